The zero-order valence-corrected chi connectivity index (χ0v) is 20.7. The zero-order chi connectivity index (χ0) is 23.9. The third kappa shape index (κ3) is 6.36. The quantitative estimate of drug-likeness (QED) is 0.260. The van der Waals surface area contributed by atoms with Gasteiger partial charge in [0.15, 0.2) is 5.75 Å². The van der Waals surface area contributed by atoms with Gasteiger partial charge in [0.05, 0.1) is 5.52 Å². The highest BCUT2D eigenvalue weighted by molar-refractivity contribution is 6.30. The molecule has 5 nitrogen and oxygen atoms in total. The molecule has 0 spiro atoms. The Kier molecular flexibility index (Phi) is 7.86. The van der Waals surface area contributed by atoms with Crippen molar-refractivity contribution < 1.29 is 9.47 Å². The first-order chi connectivity index (χ1) is 17.2. The molecule has 182 valence electrons. The van der Waals surface area contributed by atoms with Gasteiger partial charge in [-0.15, -0.1) is 0 Å². The van der Waals surface area contributed by atoms with Crippen LogP contribution in [0.2, 0.25) is 5.02 Å². The maximum absolute atomic E-state index is 6.42. The predicted molar refractivity (Wildman–Crippen MR) is 141 cm³/mol. The zero-order valence-electron chi connectivity index (χ0n) is 19.9. The molecule has 0 aliphatic carbocycles. The van der Waals surface area contributed by atoms with Crippen molar-refractivity contribution in [3.8, 4) is 11.5 Å². The van der Waals surface area contributed by atoms with Gasteiger partial charge in [0.2, 0.25) is 0 Å². The number of nitrogens with zero attached hydrogens (tertiary/aromatic N) is 1. The summed E-state index contributed by atoms with van der Waals surface area (Å²) in [5.74, 6) is 3.24. The highest BCUT2D eigenvalue weighted by Gasteiger charge is 2.17. The Bertz CT molecular complexity index is 1220. The summed E-state index contributed by atoms with van der Waals surface area (Å²) < 4.78 is 12.3. The highest BCUT2D eigenvalue weighted by Crippen LogP contribution is 2.32. The molecule has 1 aromatic heterocycles. The Labute approximate surface area is 211 Å². The Morgan fingerprint density at radius 3 is 2.49 bits per heavy atom. The fourth-order valence-corrected chi connectivity index (χ4v) is 4.86. The van der Waals surface area contributed by atoms with Crippen LogP contribution in [0.1, 0.15) is 42.6 Å². The van der Waals surface area contributed by atoms with Crippen LogP contribution in [0.25, 0.3) is 11.0 Å². The number of ether oxygens (including phenoxy) is 2. The molecule has 35 heavy (non-hydrogen) atoms. The molecular weight excluding hydrogens is 458 g/mol. The summed E-state index contributed by atoms with van der Waals surface area (Å²) >= 11 is 5.98. The minimum Gasteiger partial charge on any atom is -0.486 e. The largest absolute Gasteiger partial charge is 0.486 e. The first-order valence-corrected chi connectivity index (χ1v) is 12.9. The number of piperidine rings is 1. The molecule has 2 N–H and O–H groups in total. The number of H-pyrrole nitrogens is 1. The highest BCUT2D eigenvalue weighted by atomic mass is 35.5. The van der Waals surface area contributed by atoms with E-state index in [0.717, 1.165) is 65.8 Å². The predicted octanol–water partition coefficient (Wildman–Crippen LogP) is 6.70. The van der Waals surface area contributed by atoms with E-state index in [1.54, 1.807) is 0 Å². The average Bonchev–Trinajstić information content (AvgIpc) is 3.32. The Balaban J connectivity index is 1.33. The van der Waals surface area contributed by atoms with Crippen LogP contribution in [0, 0.1) is 5.92 Å². The number of benzene rings is 3. The van der Waals surface area contributed by atoms with Gasteiger partial charge in [-0.1, -0.05) is 54.4 Å². The molecule has 5 rings (SSSR count). The molecule has 0 unspecified atom stereocenters. The lowest BCUT2D eigenvalue weighted by molar-refractivity contribution is 0.296. The fraction of sp³-hybridized carbons (Fsp3) is 0.345. The number of hydrogen-bond acceptors (Lipinski definition) is 4. The number of fused-ring (bicyclic) bond motifs is 1. The number of nitrogens with one attached hydrogen (secondary N) is 2. The number of rotatable bonds is 10. The summed E-state index contributed by atoms with van der Waals surface area (Å²) in [7, 11) is 0. The van der Waals surface area contributed by atoms with Crippen molar-refractivity contribution in [2.75, 3.05) is 13.1 Å². The topological polar surface area (TPSA) is 59.2 Å². The van der Waals surface area contributed by atoms with Crippen LogP contribution < -0.4 is 14.8 Å². The minimum atomic E-state index is 0.347. The Hall–Kier alpha value is -3.02. The molecule has 1 fully saturated rings. The third-order valence-corrected chi connectivity index (χ3v) is 6.92. The van der Waals surface area contributed by atoms with Crippen molar-refractivity contribution in [1.29, 1.82) is 0 Å². The van der Waals surface area contributed by atoms with Crippen LogP contribution >= 0.6 is 11.6 Å². The monoisotopic (exact) mass is 489 g/mol. The van der Waals surface area contributed by atoms with Crippen LogP contribution in [0.15, 0.2) is 66.7 Å². The third-order valence-electron chi connectivity index (χ3n) is 6.67. The Morgan fingerprint density at radius 1 is 0.886 bits per heavy atom. The lowest BCUT2D eigenvalue weighted by Crippen LogP contribution is -2.27. The number of aromatic nitrogens is 2. The van der Waals surface area contributed by atoms with Gasteiger partial charge in [-0.3, -0.25) is 0 Å². The van der Waals surface area contributed by atoms with Gasteiger partial charge in [0.1, 0.15) is 30.3 Å². The molecule has 4 aromatic rings. The van der Waals surface area contributed by atoms with E-state index in [1.165, 1.54) is 24.8 Å². The summed E-state index contributed by atoms with van der Waals surface area (Å²) in [5, 5.41) is 4.15. The van der Waals surface area contributed by atoms with Crippen LogP contribution in [0.3, 0.4) is 0 Å². The number of aromatic amines is 1. The summed E-state index contributed by atoms with van der Waals surface area (Å²) in [6, 6.07) is 22.0. The molecule has 1 aliphatic heterocycles. The Morgan fingerprint density at radius 2 is 1.69 bits per heavy atom. The van der Waals surface area contributed by atoms with Crippen molar-refractivity contribution >= 4 is 22.6 Å². The molecule has 0 bridgehead atoms. The maximum atomic E-state index is 6.42. The van der Waals surface area contributed by atoms with Crippen LogP contribution in [-0.4, -0.2) is 23.1 Å². The van der Waals surface area contributed by atoms with Gasteiger partial charge < -0.3 is 19.8 Å². The normalized spacial score (nSPS) is 14.3. The van der Waals surface area contributed by atoms with Gasteiger partial charge in [-0.2, -0.15) is 0 Å². The van der Waals surface area contributed by atoms with E-state index in [1.807, 2.05) is 42.5 Å². The second kappa shape index (κ2) is 11.6. The number of aryl methyl sites for hydroxylation is 1. The van der Waals surface area contributed by atoms with Crippen molar-refractivity contribution in [3.05, 3.63) is 88.7 Å². The molecule has 6 heteroatoms. The van der Waals surface area contributed by atoms with E-state index in [4.69, 9.17) is 26.1 Å². The average molecular weight is 490 g/mol. The minimum absolute atomic E-state index is 0.347. The molecule has 2 heterocycles. The van der Waals surface area contributed by atoms with Gasteiger partial charge >= 0.3 is 0 Å². The molecule has 3 aromatic carbocycles. The molecule has 0 amide bonds. The van der Waals surface area contributed by atoms with Gasteiger partial charge in [0, 0.05) is 5.02 Å². The summed E-state index contributed by atoms with van der Waals surface area (Å²) in [6.07, 6.45) is 5.99. The number of hydrogen-bond donors (Lipinski definition) is 2. The van der Waals surface area contributed by atoms with Crippen molar-refractivity contribution in [2.45, 2.75) is 45.3 Å². The standard InChI is InChI=1S/C29H32ClN3O2/c30-24-10-12-25(13-11-24)34-20-27-32-26-14-9-23(8-4-7-21-15-17-31-18-16-21)29(28(26)33-27)35-19-22-5-2-1-3-6-22/h1-3,5-6,9-14,21,31H,4,7-8,15-20H2,(H,32,33). The van der Waals surface area contributed by atoms with E-state index in [2.05, 4.69) is 34.6 Å². The maximum Gasteiger partial charge on any atom is 0.150 e. The van der Waals surface area contributed by atoms with Crippen molar-refractivity contribution in [3.63, 3.8) is 0 Å². The second-order valence-corrected chi connectivity index (χ2v) is 9.67. The summed E-state index contributed by atoms with van der Waals surface area (Å²) in [5.41, 5.74) is 4.20. The van der Waals surface area contributed by atoms with E-state index < -0.39 is 0 Å². The second-order valence-electron chi connectivity index (χ2n) is 9.24. The smallest absolute Gasteiger partial charge is 0.150 e. The fourth-order valence-electron chi connectivity index (χ4n) is 4.73. The lowest BCUT2D eigenvalue weighted by Gasteiger charge is -2.22. The number of imidazole rings is 1. The van der Waals surface area contributed by atoms with Crippen molar-refractivity contribution in [2.24, 2.45) is 5.92 Å². The summed E-state index contributed by atoms with van der Waals surface area (Å²) in [6.45, 7) is 3.16. The van der Waals surface area contributed by atoms with E-state index in [-0.39, 0.29) is 0 Å². The van der Waals surface area contributed by atoms with E-state index >= 15 is 0 Å². The first-order valence-electron chi connectivity index (χ1n) is 12.5. The lowest BCUT2D eigenvalue weighted by atomic mass is 9.91. The van der Waals surface area contributed by atoms with Gasteiger partial charge in [0.25, 0.3) is 0 Å². The summed E-state index contributed by atoms with van der Waals surface area (Å²) in [4.78, 5) is 8.28. The van der Waals surface area contributed by atoms with Crippen molar-refractivity contribution in [1.82, 2.24) is 15.3 Å². The van der Waals surface area contributed by atoms with Crippen LogP contribution in [0.4, 0.5) is 0 Å². The van der Waals surface area contributed by atoms with Gasteiger partial charge in [-0.25, -0.2) is 4.98 Å². The van der Waals surface area contributed by atoms with E-state index in [0.29, 0.717) is 18.2 Å². The molecule has 0 atom stereocenters. The molecule has 0 radical (unpaired) electrons. The SMILES string of the molecule is Clc1ccc(OCc2nc3c(OCc4ccccc4)c(CCCC4CCNCC4)ccc3[nH]2)cc1. The van der Waals surface area contributed by atoms with E-state index in [9.17, 15) is 0 Å². The molecular formula is C29H32ClN3O2. The first kappa shape index (κ1) is 23.7. The molecule has 1 aliphatic rings. The number of halogens is 1. The van der Waals surface area contributed by atoms with Crippen LogP contribution in [0.5, 0.6) is 11.5 Å². The molecule has 1 saturated heterocycles. The van der Waals surface area contributed by atoms with Gasteiger partial charge in [-0.05, 0) is 86.1 Å². The van der Waals surface area contributed by atoms with Crippen LogP contribution in [-0.2, 0) is 19.6 Å². The molecule has 0 saturated carbocycles.